The zero-order valence-corrected chi connectivity index (χ0v) is 20.0. The summed E-state index contributed by atoms with van der Waals surface area (Å²) in [6.07, 6.45) is 7.87. The van der Waals surface area contributed by atoms with E-state index >= 15 is 8.78 Å². The molecule has 1 aliphatic carbocycles. The molecule has 5 nitrogen and oxygen atoms in total. The molecule has 1 amide bonds. The Labute approximate surface area is 190 Å². The van der Waals surface area contributed by atoms with Gasteiger partial charge < -0.3 is 0 Å². The van der Waals surface area contributed by atoms with Crippen LogP contribution in [-0.2, 0) is 14.6 Å². The van der Waals surface area contributed by atoms with Gasteiger partial charge >= 0.3 is 0 Å². The van der Waals surface area contributed by atoms with E-state index in [2.05, 4.69) is 26.2 Å². The highest BCUT2D eigenvalue weighted by Crippen LogP contribution is 2.35. The Morgan fingerprint density at radius 3 is 2.39 bits per heavy atom. The molecule has 1 saturated carbocycles. The molecule has 1 aliphatic rings. The summed E-state index contributed by atoms with van der Waals surface area (Å²) >= 11 is 4.32. The quantitative estimate of drug-likeness (QED) is 0.396. The number of aromatic nitrogens is 1. The van der Waals surface area contributed by atoms with Crippen molar-refractivity contribution >= 4 is 53.7 Å². The maximum atomic E-state index is 15.2. The Morgan fingerprint density at radius 1 is 1.19 bits per heavy atom. The van der Waals surface area contributed by atoms with Gasteiger partial charge in [0.2, 0.25) is 0 Å². The molecule has 1 fully saturated rings. The summed E-state index contributed by atoms with van der Waals surface area (Å²) in [6, 6.07) is 0. The molecule has 0 saturated heterocycles. The van der Waals surface area contributed by atoms with Gasteiger partial charge in [0.25, 0.3) is 5.91 Å². The summed E-state index contributed by atoms with van der Waals surface area (Å²) in [5, 5.41) is 2.68. The number of anilines is 1. The van der Waals surface area contributed by atoms with Crippen LogP contribution in [0, 0.1) is 30.3 Å². The zero-order chi connectivity index (χ0) is 22.9. The molecule has 168 valence electrons. The first-order chi connectivity index (χ1) is 14.5. The summed E-state index contributed by atoms with van der Waals surface area (Å²) in [5.41, 5.74) is -1.83. The third-order valence-electron chi connectivity index (χ3n) is 5.14. The Morgan fingerprint density at radius 2 is 1.84 bits per heavy atom. The number of rotatable bonds is 5. The largest absolute Gasteiger partial charge is 0.298 e. The monoisotopic (exact) mass is 536 g/mol. The maximum absolute atomic E-state index is 15.2. The van der Waals surface area contributed by atoms with Gasteiger partial charge in [-0.25, -0.2) is 26.6 Å². The van der Waals surface area contributed by atoms with Crippen LogP contribution in [-0.4, -0.2) is 25.6 Å². The highest BCUT2D eigenvalue weighted by molar-refractivity contribution is 9.11. The van der Waals surface area contributed by atoms with Crippen LogP contribution >= 0.6 is 27.3 Å². The number of hydrogen-bond acceptors (Lipinski definition) is 5. The highest BCUT2D eigenvalue weighted by atomic mass is 79.9. The summed E-state index contributed by atoms with van der Waals surface area (Å²) in [6.45, 7) is 1.05. The Kier molecular flexibility index (Phi) is 7.27. The van der Waals surface area contributed by atoms with Crippen molar-refractivity contribution in [1.82, 2.24) is 4.98 Å². The molecule has 1 aromatic carbocycles. The smallest absolute Gasteiger partial charge is 0.257 e. The number of nitrogens with zero attached hydrogens (tertiary/aromatic N) is 1. The van der Waals surface area contributed by atoms with Crippen molar-refractivity contribution in [3.05, 3.63) is 44.6 Å². The number of hydrogen-bond donors (Lipinski definition) is 1. The van der Waals surface area contributed by atoms with Crippen molar-refractivity contribution in [3.63, 3.8) is 0 Å². The van der Waals surface area contributed by atoms with Gasteiger partial charge in [-0.05, 0) is 41.6 Å². The van der Waals surface area contributed by atoms with Crippen molar-refractivity contribution < 1.29 is 26.4 Å². The number of allylic oxidation sites excluding steroid dienone is 1. The van der Waals surface area contributed by atoms with E-state index in [4.69, 9.17) is 0 Å². The molecule has 0 aliphatic heterocycles. The lowest BCUT2D eigenvalue weighted by Crippen LogP contribution is -2.19. The van der Waals surface area contributed by atoms with Crippen LogP contribution in [0.15, 0.2) is 21.0 Å². The number of carbonyl (C=O) groups excluding carboxylic acids is 1. The topological polar surface area (TPSA) is 76.1 Å². The second-order valence-electron chi connectivity index (χ2n) is 7.45. The number of carbonyl (C=O) groups is 1. The van der Waals surface area contributed by atoms with E-state index in [0.717, 1.165) is 50.4 Å². The number of thiazole rings is 1. The molecule has 1 heterocycles. The van der Waals surface area contributed by atoms with E-state index in [1.54, 1.807) is 0 Å². The Bertz CT molecular complexity index is 1130. The lowest BCUT2D eigenvalue weighted by molar-refractivity contribution is -0.111. The number of halogens is 4. The molecule has 1 N–H and O–H groups in total. The number of amides is 1. The number of sulfone groups is 1. The summed E-state index contributed by atoms with van der Waals surface area (Å²) in [4.78, 5) is 15.9. The van der Waals surface area contributed by atoms with E-state index in [9.17, 15) is 17.6 Å². The van der Waals surface area contributed by atoms with Gasteiger partial charge in [0.1, 0.15) is 10.7 Å². The molecule has 0 radical (unpaired) electrons. The Balaban J connectivity index is 2.17. The third-order valence-corrected chi connectivity index (χ3v) is 7.75. The molecule has 1 aromatic heterocycles. The van der Waals surface area contributed by atoms with Gasteiger partial charge in [0.05, 0.1) is 15.5 Å². The van der Waals surface area contributed by atoms with Crippen molar-refractivity contribution in [2.75, 3.05) is 11.6 Å². The molecule has 11 heteroatoms. The van der Waals surface area contributed by atoms with Crippen molar-refractivity contribution in [2.45, 2.75) is 43.9 Å². The van der Waals surface area contributed by atoms with E-state index < -0.39 is 49.2 Å². The Hall–Kier alpha value is -1.72. The van der Waals surface area contributed by atoms with Crippen LogP contribution in [0.25, 0.3) is 5.57 Å². The van der Waals surface area contributed by atoms with Crippen molar-refractivity contribution in [3.8, 4) is 0 Å². The predicted molar refractivity (Wildman–Crippen MR) is 117 cm³/mol. The number of nitrogens with one attached hydrogen (secondary N) is 1. The van der Waals surface area contributed by atoms with E-state index in [1.165, 1.54) is 12.3 Å². The van der Waals surface area contributed by atoms with Gasteiger partial charge in [0.15, 0.2) is 26.6 Å². The summed E-state index contributed by atoms with van der Waals surface area (Å²) in [5.74, 6) is -5.65. The minimum Gasteiger partial charge on any atom is -0.298 e. The summed E-state index contributed by atoms with van der Waals surface area (Å²) in [7, 11) is -4.23. The highest BCUT2D eigenvalue weighted by Gasteiger charge is 2.32. The maximum Gasteiger partial charge on any atom is 0.257 e. The van der Waals surface area contributed by atoms with Crippen LogP contribution in [0.5, 0.6) is 0 Å². The van der Waals surface area contributed by atoms with Gasteiger partial charge in [-0.1, -0.05) is 36.7 Å². The number of benzene rings is 1. The lowest BCUT2D eigenvalue weighted by atomic mass is 9.86. The molecular formula is C20H20BrF3N2O3S2. The van der Waals surface area contributed by atoms with Gasteiger partial charge in [-0.2, -0.15) is 0 Å². The predicted octanol–water partition coefficient (Wildman–Crippen LogP) is 5.64. The van der Waals surface area contributed by atoms with Crippen LogP contribution in [0.2, 0.25) is 0 Å². The minimum atomic E-state index is -4.23. The molecule has 31 heavy (non-hydrogen) atoms. The van der Waals surface area contributed by atoms with Gasteiger partial charge in [0, 0.05) is 17.4 Å². The fraction of sp³-hybridized carbons (Fsp3) is 0.400. The first-order valence-electron chi connectivity index (χ1n) is 9.52. The van der Waals surface area contributed by atoms with Crippen molar-refractivity contribution in [1.29, 1.82) is 0 Å². The third kappa shape index (κ3) is 5.20. The van der Waals surface area contributed by atoms with Crippen molar-refractivity contribution in [2.24, 2.45) is 5.92 Å². The van der Waals surface area contributed by atoms with E-state index in [0.29, 0.717) is 10.0 Å². The normalized spacial score (nSPS) is 15.9. The summed E-state index contributed by atoms with van der Waals surface area (Å²) < 4.78 is 69.4. The minimum absolute atomic E-state index is 0.116. The van der Waals surface area contributed by atoms with E-state index in [1.807, 2.05) is 0 Å². The fourth-order valence-corrected chi connectivity index (χ4v) is 5.88. The SMILES string of the molecule is Cc1c(F)c(C(=CC2CCCCC2)C(=O)Nc2ncc(Br)s2)c(F)c(F)c1S(C)(=O)=O. The van der Waals surface area contributed by atoms with Gasteiger partial charge in [-0.15, -0.1) is 0 Å². The van der Waals surface area contributed by atoms with Crippen LogP contribution in [0.1, 0.15) is 43.2 Å². The fourth-order valence-electron chi connectivity index (χ4n) is 3.72. The zero-order valence-electron chi connectivity index (χ0n) is 16.8. The first-order valence-corrected chi connectivity index (χ1v) is 13.0. The second-order valence-corrected chi connectivity index (χ2v) is 11.8. The molecule has 0 bridgehead atoms. The molecule has 0 atom stereocenters. The van der Waals surface area contributed by atoms with Crippen LogP contribution in [0.4, 0.5) is 18.3 Å². The second kappa shape index (κ2) is 9.41. The molecule has 2 aromatic rings. The molecular weight excluding hydrogens is 517 g/mol. The van der Waals surface area contributed by atoms with Gasteiger partial charge in [-0.3, -0.25) is 10.1 Å². The van der Waals surface area contributed by atoms with Crippen LogP contribution < -0.4 is 5.32 Å². The standard InChI is InChI=1S/C20H20BrF3N2O3S2/c1-10-15(22)14(16(23)17(24)18(10)31(2,28)29)12(8-11-6-4-3-5-7-11)19(27)26-20-25-9-13(21)30-20/h8-9,11H,3-7H2,1-2H3,(H,25,26,27). The van der Waals surface area contributed by atoms with E-state index in [-0.39, 0.29) is 16.6 Å². The molecule has 3 rings (SSSR count). The lowest BCUT2D eigenvalue weighted by Gasteiger charge is -2.21. The average Bonchev–Trinajstić information content (AvgIpc) is 3.10. The van der Waals surface area contributed by atoms with Crippen LogP contribution in [0.3, 0.4) is 0 Å². The molecule has 0 spiro atoms. The average molecular weight is 537 g/mol. The first kappa shape index (κ1) is 23.9. The molecule has 0 unspecified atom stereocenters.